The molecule has 0 atom stereocenters. The number of rotatable bonds is 8. The van der Waals surface area contributed by atoms with Gasteiger partial charge in [0, 0.05) is 82.1 Å². The van der Waals surface area contributed by atoms with E-state index in [1.807, 2.05) is 41.0 Å². The zero-order valence-electron chi connectivity index (χ0n) is 42.5. The van der Waals surface area contributed by atoms with Gasteiger partial charge in [-0.25, -0.2) is 4.98 Å². The largest absolute Gasteiger partial charge is 0.509 e. The van der Waals surface area contributed by atoms with Gasteiger partial charge in [-0.15, -0.1) is 53.6 Å². The van der Waals surface area contributed by atoms with Crippen LogP contribution in [0.25, 0.3) is 61.0 Å². The topological polar surface area (TPSA) is 33.5 Å². The molecule has 2 aromatic heterocycles. The molecule has 1 aliphatic rings. The molecule has 0 bridgehead atoms. The maximum Gasteiger partial charge on any atom is 0.135 e. The van der Waals surface area contributed by atoms with Crippen molar-refractivity contribution in [3.63, 3.8) is 0 Å². The first-order valence-corrected chi connectivity index (χ1v) is 23.2. The molecule has 8 aromatic carbocycles. The Kier molecular flexibility index (Phi) is 11.0. The van der Waals surface area contributed by atoms with Crippen LogP contribution in [0.5, 0.6) is 11.5 Å². The Morgan fingerprint density at radius 2 is 1.13 bits per heavy atom. The van der Waals surface area contributed by atoms with Crippen LogP contribution in [-0.2, 0) is 31.9 Å². The van der Waals surface area contributed by atoms with Crippen LogP contribution in [0.4, 0.5) is 22.7 Å². The minimum atomic E-state index is -2.40. The molecular weight excluding hydrogens is 1020 g/mol. The van der Waals surface area contributed by atoms with E-state index >= 15 is 0 Å². The summed E-state index contributed by atoms with van der Waals surface area (Å²) in [6, 6.07) is 69.5. The molecule has 0 saturated carbocycles. The van der Waals surface area contributed by atoms with Crippen LogP contribution in [0, 0.1) is 25.7 Å². The third-order valence-corrected chi connectivity index (χ3v) is 13.0. The Morgan fingerprint density at radius 1 is 0.536 bits per heavy atom. The first-order valence-electron chi connectivity index (χ1n) is 24.7. The van der Waals surface area contributed by atoms with Gasteiger partial charge in [0.1, 0.15) is 5.82 Å². The molecule has 1 aliphatic heterocycles. The molecule has 10 aromatic rings. The first kappa shape index (κ1) is 41.9. The molecular formula is C63H53N4OPt-3. The van der Waals surface area contributed by atoms with E-state index in [2.05, 4.69) is 210 Å². The zero-order valence-corrected chi connectivity index (χ0v) is 41.8. The van der Waals surface area contributed by atoms with E-state index in [1.54, 1.807) is 12.3 Å². The van der Waals surface area contributed by atoms with Crippen molar-refractivity contribution in [1.82, 2.24) is 9.55 Å². The summed E-state index contributed by atoms with van der Waals surface area (Å²) in [6.07, 6.45) is 1.68. The summed E-state index contributed by atoms with van der Waals surface area (Å²) in [5.41, 5.74) is 13.5. The van der Waals surface area contributed by atoms with Gasteiger partial charge < -0.3 is 19.1 Å². The molecule has 0 fully saturated rings. The van der Waals surface area contributed by atoms with Gasteiger partial charge in [-0.1, -0.05) is 181 Å². The fourth-order valence-electron chi connectivity index (χ4n) is 9.35. The van der Waals surface area contributed by atoms with Gasteiger partial charge in [-0.3, -0.25) is 0 Å². The summed E-state index contributed by atoms with van der Waals surface area (Å²) >= 11 is 0. The molecule has 0 radical (unpaired) electrons. The smallest absolute Gasteiger partial charge is 0.135 e. The molecule has 69 heavy (non-hydrogen) atoms. The molecule has 344 valence electrons. The SMILES string of the molecule is [2H]C([2H])([2H])c1cc(-n2c3[c-]c(Oc4[c-]c(N5[CH-]N(c6c(-c7ccccc7)cccc6-c6ccccc6)c6ccccc65)cc(C(C)(C)C)c4)ccc3c3cc(C(C)(C)C)ccc32)ncc1-c1ccccc1.[Pt]. The van der Waals surface area contributed by atoms with Crippen LogP contribution in [0.1, 0.15) is 62.3 Å². The second kappa shape index (κ2) is 18.0. The number of nitrogens with zero attached hydrogens (tertiary/aromatic N) is 4. The van der Waals surface area contributed by atoms with Crippen molar-refractivity contribution in [2.24, 2.45) is 0 Å². The molecule has 0 saturated heterocycles. The summed E-state index contributed by atoms with van der Waals surface area (Å²) < 4.78 is 34.9. The average Bonchev–Trinajstić information content (AvgIpc) is 3.91. The number of fused-ring (bicyclic) bond motifs is 4. The van der Waals surface area contributed by atoms with E-state index in [1.165, 1.54) is 5.56 Å². The third-order valence-electron chi connectivity index (χ3n) is 13.0. The van der Waals surface area contributed by atoms with Crippen molar-refractivity contribution in [1.29, 1.82) is 0 Å². The Morgan fingerprint density at radius 3 is 1.74 bits per heavy atom. The number of ether oxygens (including phenoxy) is 1. The van der Waals surface area contributed by atoms with Crippen molar-refractivity contribution < 1.29 is 29.9 Å². The summed E-state index contributed by atoms with van der Waals surface area (Å²) in [5.74, 6) is 1.50. The summed E-state index contributed by atoms with van der Waals surface area (Å²) in [5, 5.41) is 1.96. The number of anilines is 4. The normalized spacial score (nSPS) is 13.4. The first-order chi connectivity index (χ1) is 34.1. The summed E-state index contributed by atoms with van der Waals surface area (Å²) in [7, 11) is 0. The molecule has 0 spiro atoms. The average molecular weight is 1080 g/mol. The Balaban J connectivity index is 0.00000596. The van der Waals surface area contributed by atoms with Gasteiger partial charge >= 0.3 is 0 Å². The van der Waals surface area contributed by atoms with Crippen molar-refractivity contribution in [3.8, 4) is 50.7 Å². The van der Waals surface area contributed by atoms with E-state index < -0.39 is 6.85 Å². The molecule has 11 rings (SSSR count). The van der Waals surface area contributed by atoms with Crippen LogP contribution in [0.2, 0.25) is 0 Å². The summed E-state index contributed by atoms with van der Waals surface area (Å²) in [4.78, 5) is 9.49. The van der Waals surface area contributed by atoms with Crippen LogP contribution in [0.3, 0.4) is 0 Å². The van der Waals surface area contributed by atoms with Crippen LogP contribution >= 0.6 is 0 Å². The van der Waals surface area contributed by atoms with Crippen molar-refractivity contribution >= 4 is 44.6 Å². The monoisotopic (exact) mass is 1080 g/mol. The Labute approximate surface area is 425 Å². The molecule has 6 heteroatoms. The summed E-state index contributed by atoms with van der Waals surface area (Å²) in [6.45, 7) is 13.0. The molecule has 0 aliphatic carbocycles. The second-order valence-corrected chi connectivity index (χ2v) is 19.6. The maximum atomic E-state index is 8.65. The van der Waals surface area contributed by atoms with E-state index in [4.69, 9.17) is 13.8 Å². The van der Waals surface area contributed by atoms with E-state index in [0.717, 1.165) is 77.9 Å². The zero-order chi connectivity index (χ0) is 49.2. The number of aryl methyl sites for hydroxylation is 1. The van der Waals surface area contributed by atoms with Gasteiger partial charge in [-0.2, -0.15) is 6.07 Å². The molecule has 3 heterocycles. The van der Waals surface area contributed by atoms with Gasteiger partial charge in [0.2, 0.25) is 0 Å². The molecule has 0 unspecified atom stereocenters. The third kappa shape index (κ3) is 8.55. The second-order valence-electron chi connectivity index (χ2n) is 19.6. The van der Waals surface area contributed by atoms with Crippen LogP contribution in [-0.4, -0.2) is 9.55 Å². The van der Waals surface area contributed by atoms with E-state index in [-0.39, 0.29) is 37.5 Å². The maximum absolute atomic E-state index is 8.65. The van der Waals surface area contributed by atoms with Crippen molar-refractivity contribution in [2.75, 3.05) is 9.80 Å². The van der Waals surface area contributed by atoms with E-state index in [0.29, 0.717) is 22.9 Å². The van der Waals surface area contributed by atoms with Crippen molar-refractivity contribution in [3.05, 3.63) is 224 Å². The molecule has 5 nitrogen and oxygen atoms in total. The quantitative estimate of drug-likeness (QED) is 0.142. The fraction of sp³-hybridized carbons (Fsp3) is 0.143. The standard InChI is InChI=1S/C63H53N4O.Pt/c1-42-34-60(64-40-55(42)45-24-15-10-16-25-45)67-56-33-30-46(62(2,3)4)37-54(56)53-32-31-49(39-59(53)67)68-50-36-47(63(5,6)7)35-48(38-50)65-41-66(58-29-18-17-28-57(58)65)61-51(43-20-11-8-12-21-43)26-19-27-52(61)44-22-13-9-14-23-44;/h8-37,40-41H,1-7H3;/q-3;/i1D3;. The number of hydrogen-bond acceptors (Lipinski definition) is 4. The van der Waals surface area contributed by atoms with Crippen molar-refractivity contribution in [2.45, 2.75) is 59.2 Å². The van der Waals surface area contributed by atoms with Gasteiger partial charge in [0.15, 0.2) is 0 Å². The predicted molar refractivity (Wildman–Crippen MR) is 283 cm³/mol. The number of benzene rings is 8. The Bertz CT molecular complexity index is 3560. The minimum absolute atomic E-state index is 0. The number of aromatic nitrogens is 2. The molecule has 0 N–H and O–H groups in total. The number of pyridine rings is 1. The van der Waals surface area contributed by atoms with Crippen LogP contribution in [0.15, 0.2) is 188 Å². The molecule has 0 amide bonds. The van der Waals surface area contributed by atoms with Gasteiger partial charge in [0.25, 0.3) is 0 Å². The van der Waals surface area contributed by atoms with Crippen LogP contribution < -0.4 is 14.5 Å². The van der Waals surface area contributed by atoms with Gasteiger partial charge in [-0.05, 0) is 75.2 Å². The fourth-order valence-corrected chi connectivity index (χ4v) is 9.35. The van der Waals surface area contributed by atoms with Gasteiger partial charge in [0.05, 0.1) is 0 Å². The Hall–Kier alpha value is -7.20. The number of para-hydroxylation sites is 3. The minimum Gasteiger partial charge on any atom is -0.509 e. The predicted octanol–water partition coefficient (Wildman–Crippen LogP) is 16.9. The number of hydrogen-bond donors (Lipinski definition) is 0. The van der Waals surface area contributed by atoms with E-state index in [9.17, 15) is 0 Å².